The monoisotopic (exact) mass is 175 g/mol. The minimum atomic E-state index is -0.432. The minimum Gasteiger partial charge on any atom is -0.492 e. The smallest absolute Gasteiger partial charge is 0.177 e. The molecule has 0 aliphatic rings. The molecule has 2 nitrogen and oxygen atoms in total. The Morgan fingerprint density at radius 3 is 2.91 bits per heavy atom. The maximum atomic E-state index is 12.8. The molecule has 4 heteroatoms. The Balaban J connectivity index is 3.13. The van der Waals surface area contributed by atoms with Crippen LogP contribution in [0, 0.1) is 5.82 Å². The van der Waals surface area contributed by atoms with Crippen LogP contribution >= 0.6 is 11.6 Å². The van der Waals surface area contributed by atoms with Crippen LogP contribution in [-0.2, 0) is 5.88 Å². The molecule has 11 heavy (non-hydrogen) atoms. The normalized spacial score (nSPS) is 9.73. The predicted molar refractivity (Wildman–Crippen MR) is 40.3 cm³/mol. The molecule has 1 heterocycles. The molecular formula is C7H7ClFNO. The summed E-state index contributed by atoms with van der Waals surface area (Å²) in [4.78, 5) is 3.83. The molecule has 0 radical (unpaired) electrons. The second-order valence-electron chi connectivity index (χ2n) is 1.91. The van der Waals surface area contributed by atoms with Gasteiger partial charge in [-0.3, -0.25) is 4.98 Å². The van der Waals surface area contributed by atoms with Crippen LogP contribution in [0.2, 0.25) is 0 Å². The van der Waals surface area contributed by atoms with Crippen LogP contribution in [0.1, 0.15) is 5.69 Å². The standard InChI is InChI=1S/C7H7ClFNO/c1-11-7-5(9)2-3-10-6(7)4-8/h2-3H,4H2,1H3. The number of nitrogens with zero attached hydrogens (tertiary/aromatic N) is 1. The lowest BCUT2D eigenvalue weighted by atomic mass is 10.3. The first kappa shape index (κ1) is 8.27. The molecule has 1 aromatic rings. The first-order chi connectivity index (χ1) is 5.29. The minimum absolute atomic E-state index is 0.127. The van der Waals surface area contributed by atoms with E-state index in [1.807, 2.05) is 0 Å². The number of aromatic nitrogens is 1. The summed E-state index contributed by atoms with van der Waals surface area (Å²) in [5.41, 5.74) is 0.425. The van der Waals surface area contributed by atoms with Gasteiger partial charge in [-0.15, -0.1) is 11.6 Å². The van der Waals surface area contributed by atoms with Crippen molar-refractivity contribution in [1.82, 2.24) is 4.98 Å². The molecule has 0 saturated heterocycles. The third kappa shape index (κ3) is 1.60. The van der Waals surface area contributed by atoms with Gasteiger partial charge in [-0.05, 0) is 6.07 Å². The largest absolute Gasteiger partial charge is 0.492 e. The number of alkyl halides is 1. The Morgan fingerprint density at radius 2 is 2.45 bits per heavy atom. The van der Waals surface area contributed by atoms with Crippen LogP contribution in [0.3, 0.4) is 0 Å². The second kappa shape index (κ2) is 3.53. The number of ether oxygens (including phenoxy) is 1. The Morgan fingerprint density at radius 1 is 1.73 bits per heavy atom. The summed E-state index contributed by atoms with van der Waals surface area (Å²) in [5, 5.41) is 0. The topological polar surface area (TPSA) is 22.1 Å². The Hall–Kier alpha value is -0.830. The number of hydrogen-bond donors (Lipinski definition) is 0. The SMILES string of the molecule is COc1c(F)ccnc1CCl. The number of pyridine rings is 1. The summed E-state index contributed by atoms with van der Waals surface area (Å²) >= 11 is 5.47. The summed E-state index contributed by atoms with van der Waals surface area (Å²) in [5.74, 6) is -0.151. The quantitative estimate of drug-likeness (QED) is 0.642. The van der Waals surface area contributed by atoms with Gasteiger partial charge in [0.25, 0.3) is 0 Å². The number of hydrogen-bond acceptors (Lipinski definition) is 2. The van der Waals surface area contributed by atoms with Crippen molar-refractivity contribution in [3.8, 4) is 5.75 Å². The fourth-order valence-corrected chi connectivity index (χ4v) is 0.966. The van der Waals surface area contributed by atoms with E-state index in [2.05, 4.69) is 4.98 Å². The van der Waals surface area contributed by atoms with Crippen LogP contribution < -0.4 is 4.74 Å². The van der Waals surface area contributed by atoms with Gasteiger partial charge < -0.3 is 4.74 Å². The average molecular weight is 176 g/mol. The van der Waals surface area contributed by atoms with Gasteiger partial charge in [-0.25, -0.2) is 4.39 Å². The van der Waals surface area contributed by atoms with Gasteiger partial charge in [0, 0.05) is 6.20 Å². The summed E-state index contributed by atoms with van der Waals surface area (Å²) in [7, 11) is 1.39. The molecule has 0 amide bonds. The van der Waals surface area contributed by atoms with Crippen LogP contribution in [0.4, 0.5) is 4.39 Å². The highest BCUT2D eigenvalue weighted by Crippen LogP contribution is 2.20. The van der Waals surface area contributed by atoms with Crippen molar-refractivity contribution in [2.24, 2.45) is 0 Å². The molecule has 0 bridgehead atoms. The first-order valence-corrected chi connectivity index (χ1v) is 3.56. The van der Waals surface area contributed by atoms with E-state index in [1.165, 1.54) is 19.4 Å². The summed E-state index contributed by atoms with van der Waals surface area (Å²) in [6.45, 7) is 0. The molecule has 0 spiro atoms. The number of rotatable bonds is 2. The van der Waals surface area contributed by atoms with Gasteiger partial charge in [-0.1, -0.05) is 0 Å². The maximum Gasteiger partial charge on any atom is 0.177 e. The van der Waals surface area contributed by atoms with Gasteiger partial charge in [0.15, 0.2) is 11.6 Å². The highest BCUT2D eigenvalue weighted by atomic mass is 35.5. The third-order valence-corrected chi connectivity index (χ3v) is 1.51. The van der Waals surface area contributed by atoms with E-state index >= 15 is 0 Å². The number of halogens is 2. The molecule has 0 atom stereocenters. The van der Waals surface area contributed by atoms with Crippen molar-refractivity contribution in [2.45, 2.75) is 5.88 Å². The van der Waals surface area contributed by atoms with Gasteiger partial charge in [-0.2, -0.15) is 0 Å². The molecule has 0 aliphatic heterocycles. The van der Waals surface area contributed by atoms with Crippen molar-refractivity contribution in [3.05, 3.63) is 23.8 Å². The summed E-state index contributed by atoms with van der Waals surface area (Å²) in [6.07, 6.45) is 1.36. The molecule has 0 aromatic carbocycles. The molecule has 1 rings (SSSR count). The highest BCUT2D eigenvalue weighted by Gasteiger charge is 2.07. The Labute approximate surface area is 69.0 Å². The molecule has 0 N–H and O–H groups in total. The molecular weight excluding hydrogens is 169 g/mol. The van der Waals surface area contributed by atoms with Gasteiger partial charge >= 0.3 is 0 Å². The zero-order valence-corrected chi connectivity index (χ0v) is 6.73. The highest BCUT2D eigenvalue weighted by molar-refractivity contribution is 6.17. The molecule has 1 aromatic heterocycles. The lowest BCUT2D eigenvalue weighted by molar-refractivity contribution is 0.380. The lowest BCUT2D eigenvalue weighted by Crippen LogP contribution is -1.95. The zero-order chi connectivity index (χ0) is 8.27. The average Bonchev–Trinajstić information content (AvgIpc) is 2.04. The molecule has 0 unspecified atom stereocenters. The van der Waals surface area contributed by atoms with E-state index in [-0.39, 0.29) is 11.6 Å². The molecule has 0 fully saturated rings. The zero-order valence-electron chi connectivity index (χ0n) is 5.97. The maximum absolute atomic E-state index is 12.8. The molecule has 60 valence electrons. The van der Waals surface area contributed by atoms with E-state index in [9.17, 15) is 4.39 Å². The predicted octanol–water partition coefficient (Wildman–Crippen LogP) is 1.97. The summed E-state index contributed by atoms with van der Waals surface area (Å²) in [6, 6.07) is 1.23. The Bertz CT molecular complexity index is 254. The second-order valence-corrected chi connectivity index (χ2v) is 2.17. The van der Waals surface area contributed by atoms with E-state index in [4.69, 9.17) is 16.3 Å². The van der Waals surface area contributed by atoms with E-state index in [1.54, 1.807) is 0 Å². The number of methoxy groups -OCH3 is 1. The van der Waals surface area contributed by atoms with Crippen molar-refractivity contribution < 1.29 is 9.13 Å². The van der Waals surface area contributed by atoms with Crippen molar-refractivity contribution in [1.29, 1.82) is 0 Å². The van der Waals surface area contributed by atoms with Crippen LogP contribution in [0.25, 0.3) is 0 Å². The Kier molecular flexibility index (Phi) is 2.65. The third-order valence-electron chi connectivity index (χ3n) is 1.26. The van der Waals surface area contributed by atoms with Crippen LogP contribution in [-0.4, -0.2) is 12.1 Å². The lowest BCUT2D eigenvalue weighted by Gasteiger charge is -2.04. The van der Waals surface area contributed by atoms with Crippen LogP contribution in [0.5, 0.6) is 5.75 Å². The van der Waals surface area contributed by atoms with Crippen molar-refractivity contribution in [2.75, 3.05) is 7.11 Å². The fraction of sp³-hybridized carbons (Fsp3) is 0.286. The fourth-order valence-electron chi connectivity index (χ4n) is 0.775. The van der Waals surface area contributed by atoms with Gasteiger partial charge in [0.1, 0.15) is 5.69 Å². The molecule has 0 aliphatic carbocycles. The summed E-state index contributed by atoms with van der Waals surface area (Å²) < 4.78 is 17.6. The van der Waals surface area contributed by atoms with Gasteiger partial charge in [0.2, 0.25) is 0 Å². The van der Waals surface area contributed by atoms with E-state index < -0.39 is 5.82 Å². The van der Waals surface area contributed by atoms with E-state index in [0.717, 1.165) is 0 Å². The van der Waals surface area contributed by atoms with Crippen molar-refractivity contribution >= 4 is 11.6 Å². The van der Waals surface area contributed by atoms with Gasteiger partial charge in [0.05, 0.1) is 13.0 Å². The van der Waals surface area contributed by atoms with Crippen molar-refractivity contribution in [3.63, 3.8) is 0 Å². The van der Waals surface area contributed by atoms with E-state index in [0.29, 0.717) is 5.69 Å². The van der Waals surface area contributed by atoms with Crippen LogP contribution in [0.15, 0.2) is 12.3 Å². The first-order valence-electron chi connectivity index (χ1n) is 3.03. The molecule has 0 saturated carbocycles.